The molecule has 5 heteroatoms. The monoisotopic (exact) mass is 153 g/mol. The first-order valence-corrected chi connectivity index (χ1v) is 3.24. The number of carboxylic acids is 1. The van der Waals surface area contributed by atoms with Gasteiger partial charge in [-0.05, 0) is 0 Å². The number of ketones is 1. The largest absolute Gasteiger partial charge is 0.481 e. The molecule has 57 valence electrons. The van der Waals surface area contributed by atoms with E-state index in [0.717, 1.165) is 7.28 Å². The molecule has 1 radical (unpaired) electrons. The molecule has 1 saturated heterocycles. The molecule has 0 aromatic carbocycles. The fourth-order valence-corrected chi connectivity index (χ4v) is 0.959. The summed E-state index contributed by atoms with van der Waals surface area (Å²) in [5.74, 6) is -2.30. The lowest BCUT2D eigenvalue weighted by molar-refractivity contribution is -0.144. The van der Waals surface area contributed by atoms with E-state index >= 15 is 0 Å². The van der Waals surface area contributed by atoms with Crippen LogP contribution in [0.3, 0.4) is 0 Å². The standard InChI is InChI=1S/C6H6BO4/c8-4-1-3(6(10)11)2-7-5(4)9/h3H,1-2H2,(H,10,11). The number of hydrogen-bond acceptors (Lipinski definition) is 3. The Morgan fingerprint density at radius 3 is 2.64 bits per heavy atom. The van der Waals surface area contributed by atoms with E-state index in [-0.39, 0.29) is 12.7 Å². The maximum Gasteiger partial charge on any atom is 0.306 e. The first-order valence-electron chi connectivity index (χ1n) is 3.24. The molecule has 0 saturated carbocycles. The van der Waals surface area contributed by atoms with E-state index in [1.54, 1.807) is 0 Å². The van der Waals surface area contributed by atoms with Gasteiger partial charge in [0.05, 0.1) is 5.92 Å². The lowest BCUT2D eigenvalue weighted by atomic mass is 9.59. The lowest BCUT2D eigenvalue weighted by Gasteiger charge is -2.13. The van der Waals surface area contributed by atoms with Crippen LogP contribution in [0.2, 0.25) is 6.32 Å². The van der Waals surface area contributed by atoms with Gasteiger partial charge in [-0.15, -0.1) is 0 Å². The van der Waals surface area contributed by atoms with Gasteiger partial charge in [-0.3, -0.25) is 9.59 Å². The number of carbonyl (C=O) groups is 3. The summed E-state index contributed by atoms with van der Waals surface area (Å²) in [6.07, 6.45) is 0.0323. The van der Waals surface area contributed by atoms with E-state index in [1.807, 2.05) is 0 Å². The second-order valence-electron chi connectivity index (χ2n) is 2.47. The van der Waals surface area contributed by atoms with Gasteiger partial charge in [0.1, 0.15) is 5.68 Å². The van der Waals surface area contributed by atoms with E-state index in [9.17, 15) is 14.4 Å². The second kappa shape index (κ2) is 2.86. The van der Waals surface area contributed by atoms with Crippen molar-refractivity contribution in [1.29, 1.82) is 0 Å². The van der Waals surface area contributed by atoms with Gasteiger partial charge in [-0.25, -0.2) is 0 Å². The predicted octanol–water partition coefficient (Wildman–Crippen LogP) is -0.691. The molecule has 1 fully saturated rings. The third-order valence-electron chi connectivity index (χ3n) is 1.64. The molecule has 1 N–H and O–H groups in total. The molecule has 1 rings (SSSR count). The zero-order chi connectivity index (χ0) is 8.43. The van der Waals surface area contributed by atoms with Gasteiger partial charge in [0.25, 0.3) is 0 Å². The summed E-state index contributed by atoms with van der Waals surface area (Å²) >= 11 is 0. The number of carboxylic acid groups (broad SMARTS) is 1. The Labute approximate surface area is 63.8 Å². The molecule has 1 heterocycles. The van der Waals surface area contributed by atoms with Crippen molar-refractivity contribution in [3.8, 4) is 0 Å². The molecule has 1 aliphatic heterocycles. The Hall–Kier alpha value is -1.13. The summed E-state index contributed by atoms with van der Waals surface area (Å²) in [5, 5.41) is 8.46. The van der Waals surface area contributed by atoms with Gasteiger partial charge >= 0.3 is 5.97 Å². The van der Waals surface area contributed by atoms with Crippen molar-refractivity contribution in [2.75, 3.05) is 0 Å². The lowest BCUT2D eigenvalue weighted by Crippen LogP contribution is -2.34. The molecule has 0 aromatic rings. The zero-order valence-corrected chi connectivity index (χ0v) is 5.74. The highest BCUT2D eigenvalue weighted by molar-refractivity contribution is 6.89. The summed E-state index contributed by atoms with van der Waals surface area (Å²) in [5.41, 5.74) is -0.553. The highest BCUT2D eigenvalue weighted by atomic mass is 16.4. The van der Waals surface area contributed by atoms with Crippen LogP contribution in [0, 0.1) is 5.92 Å². The minimum atomic E-state index is -1.01. The van der Waals surface area contributed by atoms with Crippen LogP contribution in [0.5, 0.6) is 0 Å². The van der Waals surface area contributed by atoms with Gasteiger partial charge in [-0.1, -0.05) is 6.32 Å². The van der Waals surface area contributed by atoms with E-state index in [4.69, 9.17) is 5.11 Å². The average Bonchev–Trinajstić information content (AvgIpc) is 1.94. The molecule has 0 amide bonds. The van der Waals surface area contributed by atoms with Crippen LogP contribution in [-0.4, -0.2) is 29.8 Å². The summed E-state index contributed by atoms with van der Waals surface area (Å²) < 4.78 is 0. The molecule has 0 bridgehead atoms. The number of aliphatic carboxylic acids is 1. The highest BCUT2D eigenvalue weighted by Gasteiger charge is 2.31. The van der Waals surface area contributed by atoms with Crippen LogP contribution in [0.15, 0.2) is 0 Å². The van der Waals surface area contributed by atoms with Crippen molar-refractivity contribution < 1.29 is 19.5 Å². The molecule has 0 aliphatic carbocycles. The number of Topliss-reactive ketones (excluding diaryl/α,β-unsaturated/α-hetero) is 1. The van der Waals surface area contributed by atoms with E-state index in [1.165, 1.54) is 0 Å². The SMILES string of the molecule is O=C1[B]CC(C(=O)O)CC1=O. The summed E-state index contributed by atoms with van der Waals surface area (Å²) in [7, 11) is 1.14. The van der Waals surface area contributed by atoms with Crippen molar-refractivity contribution in [2.45, 2.75) is 12.7 Å². The van der Waals surface area contributed by atoms with Crippen molar-refractivity contribution >= 4 is 24.7 Å². The van der Waals surface area contributed by atoms with Crippen molar-refractivity contribution in [2.24, 2.45) is 5.92 Å². The first-order chi connectivity index (χ1) is 5.11. The van der Waals surface area contributed by atoms with Crippen molar-refractivity contribution in [3.05, 3.63) is 0 Å². The topological polar surface area (TPSA) is 71.4 Å². The van der Waals surface area contributed by atoms with Crippen LogP contribution in [-0.2, 0) is 14.4 Å². The molecule has 1 atom stereocenters. The minimum Gasteiger partial charge on any atom is -0.481 e. The molecule has 0 aromatic heterocycles. The highest BCUT2D eigenvalue weighted by Crippen LogP contribution is 2.14. The number of hydrogen-bond donors (Lipinski definition) is 1. The van der Waals surface area contributed by atoms with E-state index < -0.39 is 23.4 Å². The quantitative estimate of drug-likeness (QED) is 0.399. The van der Waals surface area contributed by atoms with Gasteiger partial charge in [-0.2, -0.15) is 0 Å². The van der Waals surface area contributed by atoms with Crippen LogP contribution in [0.1, 0.15) is 6.42 Å². The van der Waals surface area contributed by atoms with Crippen LogP contribution >= 0.6 is 0 Å². The van der Waals surface area contributed by atoms with Crippen molar-refractivity contribution in [3.63, 3.8) is 0 Å². The number of rotatable bonds is 1. The van der Waals surface area contributed by atoms with Crippen molar-refractivity contribution in [1.82, 2.24) is 0 Å². The summed E-state index contributed by atoms with van der Waals surface area (Å²) in [6, 6.07) is 0. The third kappa shape index (κ3) is 1.66. The third-order valence-corrected chi connectivity index (χ3v) is 1.64. The molecule has 0 spiro atoms. The van der Waals surface area contributed by atoms with Crippen LogP contribution < -0.4 is 0 Å². The van der Waals surface area contributed by atoms with Crippen LogP contribution in [0.25, 0.3) is 0 Å². The smallest absolute Gasteiger partial charge is 0.306 e. The zero-order valence-electron chi connectivity index (χ0n) is 5.74. The fraction of sp³-hybridized carbons (Fsp3) is 0.500. The Morgan fingerprint density at radius 2 is 2.18 bits per heavy atom. The van der Waals surface area contributed by atoms with Gasteiger partial charge in [0.2, 0.25) is 7.28 Å². The Balaban J connectivity index is 2.60. The van der Waals surface area contributed by atoms with E-state index in [0.29, 0.717) is 0 Å². The first kappa shape index (κ1) is 7.98. The predicted molar refractivity (Wildman–Crippen MR) is 36.3 cm³/mol. The Kier molecular flexibility index (Phi) is 2.07. The van der Waals surface area contributed by atoms with Gasteiger partial charge < -0.3 is 9.90 Å². The van der Waals surface area contributed by atoms with Crippen LogP contribution in [0.4, 0.5) is 0 Å². The Morgan fingerprint density at radius 1 is 1.55 bits per heavy atom. The minimum absolute atomic E-state index is 0.148. The molecular formula is C6H6BO4. The number of carbonyl (C=O) groups excluding carboxylic acids is 2. The summed E-state index contributed by atoms with van der Waals surface area (Å²) in [4.78, 5) is 31.6. The maximum absolute atomic E-state index is 10.7. The van der Waals surface area contributed by atoms with Gasteiger partial charge in [0, 0.05) is 6.42 Å². The second-order valence-corrected chi connectivity index (χ2v) is 2.47. The fourth-order valence-electron chi connectivity index (χ4n) is 0.959. The molecule has 4 nitrogen and oxygen atoms in total. The van der Waals surface area contributed by atoms with Gasteiger partial charge in [0.15, 0.2) is 5.78 Å². The summed E-state index contributed by atoms with van der Waals surface area (Å²) in [6.45, 7) is 0. The normalized spacial score (nSPS) is 24.5. The molecule has 11 heavy (non-hydrogen) atoms. The molecule has 1 aliphatic rings. The average molecular weight is 153 g/mol. The Bertz CT molecular complexity index is 223. The van der Waals surface area contributed by atoms with E-state index in [2.05, 4.69) is 0 Å². The maximum atomic E-state index is 10.7. The molecular weight excluding hydrogens is 147 g/mol. The molecule has 1 unspecified atom stereocenters.